The van der Waals surface area contributed by atoms with Gasteiger partial charge in [0.05, 0.1) is 18.2 Å². The van der Waals surface area contributed by atoms with Crippen molar-refractivity contribution >= 4 is 17.5 Å². The molecule has 1 fully saturated rings. The van der Waals surface area contributed by atoms with Gasteiger partial charge in [-0.25, -0.2) is 0 Å². The van der Waals surface area contributed by atoms with E-state index in [1.807, 2.05) is 6.07 Å². The Bertz CT molecular complexity index is 652. The van der Waals surface area contributed by atoms with E-state index in [-0.39, 0.29) is 12.3 Å². The van der Waals surface area contributed by atoms with Gasteiger partial charge >= 0.3 is 0 Å². The molecular formula is C17H20ClN3O3. The van der Waals surface area contributed by atoms with Crippen LogP contribution in [0.15, 0.2) is 41.1 Å². The lowest BCUT2D eigenvalue weighted by Gasteiger charge is -2.34. The molecule has 0 radical (unpaired) electrons. The molecule has 0 bridgehead atoms. The number of nitrogens with zero attached hydrogens (tertiary/aromatic N) is 3. The van der Waals surface area contributed by atoms with E-state index in [0.29, 0.717) is 23.7 Å². The predicted molar refractivity (Wildman–Crippen MR) is 89.4 cm³/mol. The zero-order valence-electron chi connectivity index (χ0n) is 13.3. The summed E-state index contributed by atoms with van der Waals surface area (Å²) in [7, 11) is 0. The molecule has 3 rings (SSSR count). The smallest absolute Gasteiger partial charge is 0.225 e. The molecule has 1 aromatic carbocycles. The van der Waals surface area contributed by atoms with Crippen LogP contribution < -0.4 is 0 Å². The van der Waals surface area contributed by atoms with Crippen molar-refractivity contribution in [3.63, 3.8) is 0 Å². The van der Waals surface area contributed by atoms with E-state index in [1.165, 1.54) is 0 Å². The van der Waals surface area contributed by atoms with E-state index in [9.17, 15) is 9.90 Å². The van der Waals surface area contributed by atoms with Crippen molar-refractivity contribution in [2.24, 2.45) is 0 Å². The van der Waals surface area contributed by atoms with Gasteiger partial charge in [-0.2, -0.15) is 0 Å². The molecule has 2 aromatic rings. The number of carbonyl (C=O) groups is 1. The first kappa shape index (κ1) is 17.0. The zero-order chi connectivity index (χ0) is 16.9. The van der Waals surface area contributed by atoms with Crippen LogP contribution in [-0.2, 0) is 11.3 Å². The highest BCUT2D eigenvalue weighted by atomic mass is 35.5. The summed E-state index contributed by atoms with van der Waals surface area (Å²) in [6, 6.07) is 8.77. The van der Waals surface area contributed by atoms with Crippen molar-refractivity contribution < 1.29 is 14.4 Å². The fraction of sp³-hybridized carbons (Fsp3) is 0.412. The summed E-state index contributed by atoms with van der Waals surface area (Å²) < 4.78 is 4.83. The quantitative estimate of drug-likeness (QED) is 0.895. The maximum atomic E-state index is 12.4. The molecule has 1 amide bonds. The molecule has 1 aliphatic rings. The number of aromatic nitrogens is 1. The normalized spacial score (nSPS) is 17.0. The number of hydrogen-bond donors (Lipinski definition) is 1. The van der Waals surface area contributed by atoms with E-state index >= 15 is 0 Å². The summed E-state index contributed by atoms with van der Waals surface area (Å²) in [6.45, 7) is 3.62. The summed E-state index contributed by atoms with van der Waals surface area (Å²) in [5, 5.41) is 14.7. The third kappa shape index (κ3) is 4.35. The molecule has 1 atom stereocenters. The van der Waals surface area contributed by atoms with Crippen molar-refractivity contribution in [2.75, 3.05) is 26.2 Å². The summed E-state index contributed by atoms with van der Waals surface area (Å²) in [5.74, 6) is -0.0291. The Morgan fingerprint density at radius 1 is 1.21 bits per heavy atom. The Morgan fingerprint density at radius 2 is 1.92 bits per heavy atom. The Kier molecular flexibility index (Phi) is 5.50. The first-order valence-electron chi connectivity index (χ1n) is 7.95. The molecule has 6 nitrogen and oxygen atoms in total. The molecule has 7 heteroatoms. The zero-order valence-corrected chi connectivity index (χ0v) is 14.0. The number of hydrogen-bond acceptors (Lipinski definition) is 5. The van der Waals surface area contributed by atoms with E-state index in [2.05, 4.69) is 10.1 Å². The van der Waals surface area contributed by atoms with Gasteiger partial charge in [0.25, 0.3) is 0 Å². The molecule has 2 heterocycles. The van der Waals surface area contributed by atoms with Gasteiger partial charge in [0.15, 0.2) is 0 Å². The maximum absolute atomic E-state index is 12.4. The third-order valence-electron chi connectivity index (χ3n) is 4.22. The monoisotopic (exact) mass is 349 g/mol. The Hall–Kier alpha value is -1.89. The van der Waals surface area contributed by atoms with Crippen molar-refractivity contribution in [3.05, 3.63) is 52.9 Å². The number of carbonyl (C=O) groups excluding carboxylic acids is 1. The van der Waals surface area contributed by atoms with E-state index < -0.39 is 6.10 Å². The van der Waals surface area contributed by atoms with Crippen LogP contribution >= 0.6 is 11.6 Å². The van der Waals surface area contributed by atoms with Gasteiger partial charge in [-0.15, -0.1) is 0 Å². The van der Waals surface area contributed by atoms with E-state index in [1.54, 1.807) is 35.4 Å². The summed E-state index contributed by atoms with van der Waals surface area (Å²) in [4.78, 5) is 16.4. The van der Waals surface area contributed by atoms with Crippen molar-refractivity contribution in [2.45, 2.75) is 19.1 Å². The number of rotatable bonds is 5. The first-order chi connectivity index (χ1) is 11.6. The largest absolute Gasteiger partial charge is 0.388 e. The second-order valence-corrected chi connectivity index (χ2v) is 6.36. The molecule has 1 saturated heterocycles. The second kappa shape index (κ2) is 7.79. The predicted octanol–water partition coefficient (Wildman–Crippen LogP) is 2.10. The minimum absolute atomic E-state index is 0.0291. The SMILES string of the molecule is O=C(CC(O)c1ccc(Cl)cc1)N1CCN(Cc2ccon2)CC1. The van der Waals surface area contributed by atoms with Crippen LogP contribution in [0.25, 0.3) is 0 Å². The van der Waals surface area contributed by atoms with Gasteiger partial charge in [0.1, 0.15) is 6.26 Å². The van der Waals surface area contributed by atoms with Gasteiger partial charge in [0.2, 0.25) is 5.91 Å². The van der Waals surface area contributed by atoms with Crippen LogP contribution in [0.3, 0.4) is 0 Å². The molecule has 1 aromatic heterocycles. The van der Waals surface area contributed by atoms with Gasteiger partial charge in [-0.3, -0.25) is 9.69 Å². The summed E-state index contributed by atoms with van der Waals surface area (Å²) in [5.41, 5.74) is 1.60. The molecule has 0 spiro atoms. The Balaban J connectivity index is 1.47. The van der Waals surface area contributed by atoms with Crippen LogP contribution in [0.2, 0.25) is 5.02 Å². The minimum atomic E-state index is -0.803. The molecule has 1 N–H and O–H groups in total. The van der Waals surface area contributed by atoms with E-state index in [0.717, 1.165) is 25.3 Å². The third-order valence-corrected chi connectivity index (χ3v) is 4.48. The van der Waals surface area contributed by atoms with Gasteiger partial charge in [-0.1, -0.05) is 28.9 Å². The van der Waals surface area contributed by atoms with Crippen LogP contribution in [0.1, 0.15) is 23.8 Å². The van der Waals surface area contributed by atoms with Gasteiger partial charge < -0.3 is 14.5 Å². The van der Waals surface area contributed by atoms with Crippen molar-refractivity contribution in [3.8, 4) is 0 Å². The summed E-state index contributed by atoms with van der Waals surface area (Å²) >= 11 is 5.84. The number of halogens is 1. The lowest BCUT2D eigenvalue weighted by Crippen LogP contribution is -2.48. The van der Waals surface area contributed by atoms with Crippen LogP contribution in [0.4, 0.5) is 0 Å². The molecule has 0 aliphatic carbocycles. The average Bonchev–Trinajstić information content (AvgIpc) is 3.09. The van der Waals surface area contributed by atoms with Gasteiger partial charge in [0, 0.05) is 43.8 Å². The minimum Gasteiger partial charge on any atom is -0.388 e. The fourth-order valence-corrected chi connectivity index (χ4v) is 2.93. The van der Waals surface area contributed by atoms with Crippen LogP contribution in [0.5, 0.6) is 0 Å². The molecular weight excluding hydrogens is 330 g/mol. The average molecular weight is 350 g/mol. The Labute approximate surface area is 145 Å². The standard InChI is InChI=1S/C17H20ClN3O3/c18-14-3-1-13(2-4-14)16(22)11-17(23)21-8-6-20(7-9-21)12-15-5-10-24-19-15/h1-5,10,16,22H,6-9,11-12H2. The first-order valence-corrected chi connectivity index (χ1v) is 8.32. The molecule has 0 saturated carbocycles. The number of aliphatic hydroxyl groups is 1. The molecule has 128 valence electrons. The molecule has 1 unspecified atom stereocenters. The summed E-state index contributed by atoms with van der Waals surface area (Å²) in [6.07, 6.45) is 0.848. The van der Waals surface area contributed by atoms with Crippen molar-refractivity contribution in [1.82, 2.24) is 15.0 Å². The topological polar surface area (TPSA) is 69.8 Å². The van der Waals surface area contributed by atoms with Crippen LogP contribution in [-0.4, -0.2) is 52.1 Å². The van der Waals surface area contributed by atoms with Crippen molar-refractivity contribution in [1.29, 1.82) is 0 Å². The number of piperazine rings is 1. The Morgan fingerprint density at radius 3 is 2.54 bits per heavy atom. The fourth-order valence-electron chi connectivity index (χ4n) is 2.80. The molecule has 1 aliphatic heterocycles. The van der Waals surface area contributed by atoms with Crippen LogP contribution in [0, 0.1) is 0 Å². The number of amides is 1. The highest BCUT2D eigenvalue weighted by molar-refractivity contribution is 6.30. The maximum Gasteiger partial charge on any atom is 0.225 e. The lowest BCUT2D eigenvalue weighted by molar-refractivity contribution is -0.135. The van der Waals surface area contributed by atoms with E-state index in [4.69, 9.17) is 16.1 Å². The lowest BCUT2D eigenvalue weighted by atomic mass is 10.1. The number of benzene rings is 1. The molecule has 24 heavy (non-hydrogen) atoms. The highest BCUT2D eigenvalue weighted by Gasteiger charge is 2.23. The highest BCUT2D eigenvalue weighted by Crippen LogP contribution is 2.20. The second-order valence-electron chi connectivity index (χ2n) is 5.92. The number of aliphatic hydroxyl groups excluding tert-OH is 1. The van der Waals surface area contributed by atoms with Gasteiger partial charge in [-0.05, 0) is 17.7 Å².